The summed E-state index contributed by atoms with van der Waals surface area (Å²) in [6.07, 6.45) is 2.45. The maximum Gasteiger partial charge on any atom is 0.255 e. The van der Waals surface area contributed by atoms with Gasteiger partial charge >= 0.3 is 0 Å². The molecule has 4 rings (SSSR count). The van der Waals surface area contributed by atoms with Gasteiger partial charge in [0.2, 0.25) is 9.84 Å². The van der Waals surface area contributed by atoms with Crippen LogP contribution in [0.15, 0.2) is 93.5 Å². The highest BCUT2D eigenvalue weighted by molar-refractivity contribution is 9.10. The number of amides is 1. The third kappa shape index (κ3) is 4.49. The van der Waals surface area contributed by atoms with Gasteiger partial charge in [0, 0.05) is 10.7 Å². The number of sulfone groups is 1. The molecule has 0 bridgehead atoms. The number of carbonyl (C=O) groups excluding carboxylic acids is 1. The van der Waals surface area contributed by atoms with Crippen molar-refractivity contribution < 1.29 is 13.2 Å². The number of nitrogens with zero attached hydrogens (tertiary/aromatic N) is 2. The number of anilines is 1. The van der Waals surface area contributed by atoms with Crippen LogP contribution in [0.5, 0.6) is 0 Å². The molecule has 1 unspecified atom stereocenters. The second kappa shape index (κ2) is 9.05. The Morgan fingerprint density at radius 1 is 1.00 bits per heavy atom. The summed E-state index contributed by atoms with van der Waals surface area (Å²) >= 11 is 3.34. The topological polar surface area (TPSA) is 101 Å². The molecule has 0 fully saturated rings. The zero-order valence-electron chi connectivity index (χ0n) is 17.0. The average molecular weight is 511 g/mol. The highest BCUT2D eigenvalue weighted by Gasteiger charge is 2.27. The molecule has 0 saturated carbocycles. The van der Waals surface area contributed by atoms with Crippen molar-refractivity contribution in [2.75, 3.05) is 5.32 Å². The highest BCUT2D eigenvalue weighted by Crippen LogP contribution is 2.30. The third-order valence-corrected chi connectivity index (χ3v) is 7.27. The molecule has 2 N–H and O–H groups in total. The maximum absolute atomic E-state index is 13.5. The first-order valence-electron chi connectivity index (χ1n) is 9.72. The summed E-state index contributed by atoms with van der Waals surface area (Å²) < 4.78 is 27.4. The molecule has 1 heterocycles. The first kappa shape index (κ1) is 21.9. The molecule has 0 aliphatic heterocycles. The minimum absolute atomic E-state index is 0.0389. The van der Waals surface area contributed by atoms with E-state index in [9.17, 15) is 13.2 Å². The maximum atomic E-state index is 13.5. The van der Waals surface area contributed by atoms with E-state index in [1.165, 1.54) is 12.4 Å². The second-order valence-electron chi connectivity index (χ2n) is 7.06. The quantitative estimate of drug-likeness (QED) is 0.372. The van der Waals surface area contributed by atoms with Crippen molar-refractivity contribution in [1.29, 1.82) is 0 Å². The van der Waals surface area contributed by atoms with Gasteiger partial charge in [-0.05, 0) is 64.0 Å². The van der Waals surface area contributed by atoms with Crippen molar-refractivity contribution in [1.82, 2.24) is 15.3 Å². The van der Waals surface area contributed by atoms with Crippen LogP contribution in [0.25, 0.3) is 10.8 Å². The van der Waals surface area contributed by atoms with Gasteiger partial charge in [0.05, 0.1) is 21.5 Å². The molecule has 0 spiro atoms. The van der Waals surface area contributed by atoms with Crippen LogP contribution in [-0.4, -0.2) is 30.5 Å². The van der Waals surface area contributed by atoms with E-state index < -0.39 is 21.9 Å². The number of nitrogens with one attached hydrogen (secondary N) is 2. The SMILES string of the molecule is CC(NC(=O)c1c(Br)cccc1S(=O)(=O)c1ccc2ccccc2c1)Nc1ccncn1. The predicted octanol–water partition coefficient (Wildman–Crippen LogP) is 4.41. The molecule has 0 radical (unpaired) electrons. The Labute approximate surface area is 194 Å². The molecule has 32 heavy (non-hydrogen) atoms. The minimum Gasteiger partial charge on any atom is -0.350 e. The van der Waals surface area contributed by atoms with E-state index in [4.69, 9.17) is 0 Å². The minimum atomic E-state index is -3.96. The first-order valence-corrected chi connectivity index (χ1v) is 12.0. The van der Waals surface area contributed by atoms with Crippen LogP contribution >= 0.6 is 15.9 Å². The van der Waals surface area contributed by atoms with Gasteiger partial charge in [0.1, 0.15) is 12.1 Å². The standard InChI is InChI=1S/C23H19BrN4O3S/c1-15(27-21-11-12-25-14-26-21)28-23(29)22-19(24)7-4-8-20(22)32(30,31)18-10-9-16-5-2-3-6-17(16)13-18/h2-15H,1H3,(H,28,29)(H,25,26,27). The molecule has 1 amide bonds. The number of rotatable bonds is 6. The van der Waals surface area contributed by atoms with Crippen molar-refractivity contribution >= 4 is 48.3 Å². The first-order chi connectivity index (χ1) is 15.4. The molecule has 9 heteroatoms. The Balaban J connectivity index is 1.68. The summed E-state index contributed by atoms with van der Waals surface area (Å²) in [5.74, 6) is -0.00479. The van der Waals surface area contributed by atoms with Crippen molar-refractivity contribution in [3.63, 3.8) is 0 Å². The Kier molecular flexibility index (Phi) is 6.20. The van der Waals surface area contributed by atoms with Gasteiger partial charge in [0.15, 0.2) is 0 Å². The average Bonchev–Trinajstić information content (AvgIpc) is 2.79. The monoisotopic (exact) mass is 510 g/mol. The van der Waals surface area contributed by atoms with Crippen LogP contribution in [0, 0.1) is 0 Å². The number of fused-ring (bicyclic) bond motifs is 1. The molecule has 0 aliphatic carbocycles. The largest absolute Gasteiger partial charge is 0.350 e. The molecule has 7 nitrogen and oxygen atoms in total. The summed E-state index contributed by atoms with van der Waals surface area (Å²) in [4.78, 5) is 21.1. The summed E-state index contributed by atoms with van der Waals surface area (Å²) in [5.41, 5.74) is 0.0389. The molecule has 0 aliphatic rings. The van der Waals surface area contributed by atoms with Gasteiger partial charge in [-0.15, -0.1) is 0 Å². The van der Waals surface area contributed by atoms with E-state index in [0.717, 1.165) is 10.8 Å². The fourth-order valence-corrected chi connectivity index (χ4v) is 5.50. The number of benzene rings is 3. The Morgan fingerprint density at radius 3 is 2.53 bits per heavy atom. The molecule has 3 aromatic carbocycles. The zero-order chi connectivity index (χ0) is 22.7. The van der Waals surface area contributed by atoms with Crippen molar-refractivity contribution in [2.24, 2.45) is 0 Å². The third-order valence-electron chi connectivity index (χ3n) is 4.82. The summed E-state index contributed by atoms with van der Waals surface area (Å²) in [5, 5.41) is 7.53. The predicted molar refractivity (Wildman–Crippen MR) is 126 cm³/mol. The molecule has 1 aromatic heterocycles. The van der Waals surface area contributed by atoms with E-state index in [-0.39, 0.29) is 15.4 Å². The number of aromatic nitrogens is 2. The lowest BCUT2D eigenvalue weighted by atomic mass is 10.1. The highest BCUT2D eigenvalue weighted by atomic mass is 79.9. The van der Waals surface area contributed by atoms with Gasteiger partial charge < -0.3 is 10.6 Å². The van der Waals surface area contributed by atoms with Crippen molar-refractivity contribution in [2.45, 2.75) is 22.9 Å². The van der Waals surface area contributed by atoms with E-state index in [1.54, 1.807) is 49.5 Å². The van der Waals surface area contributed by atoms with Crippen LogP contribution in [0.4, 0.5) is 5.82 Å². The number of carbonyl (C=O) groups is 1. The Hall–Kier alpha value is -3.30. The van der Waals surface area contributed by atoms with E-state index in [1.807, 2.05) is 24.3 Å². The Morgan fingerprint density at radius 2 is 1.78 bits per heavy atom. The second-order valence-corrected chi connectivity index (χ2v) is 9.83. The van der Waals surface area contributed by atoms with Gasteiger partial charge in [-0.2, -0.15) is 0 Å². The van der Waals surface area contributed by atoms with Gasteiger partial charge in [-0.3, -0.25) is 4.79 Å². The van der Waals surface area contributed by atoms with Crippen LogP contribution < -0.4 is 10.6 Å². The lowest BCUT2D eigenvalue weighted by Gasteiger charge is -2.18. The van der Waals surface area contributed by atoms with Gasteiger partial charge in [-0.1, -0.05) is 36.4 Å². The molecule has 1 atom stereocenters. The fraction of sp³-hybridized carbons (Fsp3) is 0.0870. The lowest BCUT2D eigenvalue weighted by Crippen LogP contribution is -2.39. The van der Waals surface area contributed by atoms with Crippen LogP contribution in [0.3, 0.4) is 0 Å². The molecule has 4 aromatic rings. The van der Waals surface area contributed by atoms with Gasteiger partial charge in [0.25, 0.3) is 5.91 Å². The van der Waals surface area contributed by atoms with E-state index in [2.05, 4.69) is 36.5 Å². The normalized spacial score (nSPS) is 12.3. The summed E-state index contributed by atoms with van der Waals surface area (Å²) in [6.45, 7) is 1.73. The van der Waals surface area contributed by atoms with Crippen LogP contribution in [0.2, 0.25) is 0 Å². The molecule has 162 valence electrons. The number of hydrogen-bond donors (Lipinski definition) is 2. The van der Waals surface area contributed by atoms with Crippen molar-refractivity contribution in [3.8, 4) is 0 Å². The number of hydrogen-bond acceptors (Lipinski definition) is 6. The number of halogens is 1. The molecule has 0 saturated heterocycles. The van der Waals surface area contributed by atoms with Crippen molar-refractivity contribution in [3.05, 3.63) is 89.3 Å². The fourth-order valence-electron chi connectivity index (χ4n) is 3.31. The van der Waals surface area contributed by atoms with E-state index in [0.29, 0.717) is 10.3 Å². The lowest BCUT2D eigenvalue weighted by molar-refractivity contribution is 0.0940. The molecular weight excluding hydrogens is 492 g/mol. The van der Waals surface area contributed by atoms with Crippen LogP contribution in [0.1, 0.15) is 17.3 Å². The smallest absolute Gasteiger partial charge is 0.255 e. The summed E-state index contributed by atoms with van der Waals surface area (Å²) in [6, 6.07) is 18.8. The van der Waals surface area contributed by atoms with E-state index >= 15 is 0 Å². The van der Waals surface area contributed by atoms with Gasteiger partial charge in [-0.25, -0.2) is 18.4 Å². The summed E-state index contributed by atoms with van der Waals surface area (Å²) in [7, 11) is -3.96. The van der Waals surface area contributed by atoms with Crippen LogP contribution in [-0.2, 0) is 9.84 Å². The Bertz CT molecular complexity index is 1400. The molecular formula is C23H19BrN4O3S. The zero-order valence-corrected chi connectivity index (χ0v) is 19.4.